The molecule has 0 aliphatic carbocycles. The molecule has 1 amide bonds. The maximum atomic E-state index is 12.2. The lowest BCUT2D eigenvalue weighted by molar-refractivity contribution is -0.114. The number of anilines is 1. The van der Waals surface area contributed by atoms with Crippen LogP contribution in [0.5, 0.6) is 0 Å². The smallest absolute Gasteiger partial charge is 0.291 e. The fourth-order valence-electron chi connectivity index (χ4n) is 2.54. The third kappa shape index (κ3) is 2.62. The van der Waals surface area contributed by atoms with Crippen LogP contribution in [0.15, 0.2) is 35.0 Å². The molecule has 5 heteroatoms. The highest BCUT2D eigenvalue weighted by molar-refractivity contribution is 7.07. The lowest BCUT2D eigenvalue weighted by Crippen LogP contribution is -2.38. The summed E-state index contributed by atoms with van der Waals surface area (Å²) < 4.78 is 0. The molecule has 2 heterocycles. The molecule has 1 aliphatic heterocycles. The Bertz CT molecular complexity index is 694. The van der Waals surface area contributed by atoms with Gasteiger partial charge in [0.05, 0.1) is 17.9 Å². The van der Waals surface area contributed by atoms with E-state index in [0.717, 1.165) is 12.1 Å². The summed E-state index contributed by atoms with van der Waals surface area (Å²) in [5.74, 6) is -0.842. The number of thiophene rings is 1. The van der Waals surface area contributed by atoms with Crippen LogP contribution in [0.2, 0.25) is 0 Å². The summed E-state index contributed by atoms with van der Waals surface area (Å²) in [6.45, 7) is 3.09. The molecule has 0 atom stereocenters. The Morgan fingerprint density at radius 3 is 2.76 bits per heavy atom. The number of aryl methyl sites for hydroxylation is 1. The number of rotatable bonds is 4. The number of carbonyl (C=O) groups is 2. The standard InChI is InChI=1S/C16H16N2O2S/c1-11-3-4-14-13(7-11)15(19)16(20)18(14)10-17(2)8-12-5-6-21-9-12/h3-7,9H,8,10H2,1-2H3. The molecule has 0 N–H and O–H groups in total. The van der Waals surface area contributed by atoms with Crippen molar-refractivity contribution in [3.63, 3.8) is 0 Å². The SMILES string of the molecule is Cc1ccc2c(c1)C(=O)C(=O)N2CN(C)Cc1ccsc1. The second kappa shape index (κ2) is 5.42. The van der Waals surface area contributed by atoms with E-state index in [2.05, 4.69) is 11.4 Å². The van der Waals surface area contributed by atoms with Gasteiger partial charge >= 0.3 is 5.91 Å². The molecule has 0 unspecified atom stereocenters. The van der Waals surface area contributed by atoms with Gasteiger partial charge in [-0.25, -0.2) is 0 Å². The molecule has 2 aromatic rings. The zero-order chi connectivity index (χ0) is 15.0. The van der Waals surface area contributed by atoms with Crippen LogP contribution in [0.4, 0.5) is 5.69 Å². The molecule has 1 aromatic carbocycles. The van der Waals surface area contributed by atoms with Crippen LogP contribution in [-0.2, 0) is 11.3 Å². The van der Waals surface area contributed by atoms with E-state index in [4.69, 9.17) is 0 Å². The molecule has 0 bridgehead atoms. The molecular weight excluding hydrogens is 284 g/mol. The molecule has 0 saturated heterocycles. The molecule has 0 radical (unpaired) electrons. The first-order valence-electron chi connectivity index (χ1n) is 6.73. The quantitative estimate of drug-likeness (QED) is 0.815. The number of amides is 1. The summed E-state index contributed by atoms with van der Waals surface area (Å²) in [6, 6.07) is 7.63. The number of fused-ring (bicyclic) bond motifs is 1. The van der Waals surface area contributed by atoms with Crippen LogP contribution >= 0.6 is 11.3 Å². The number of hydrogen-bond donors (Lipinski definition) is 0. The molecule has 1 aromatic heterocycles. The largest absolute Gasteiger partial charge is 0.300 e. The zero-order valence-electron chi connectivity index (χ0n) is 12.0. The Morgan fingerprint density at radius 2 is 2.05 bits per heavy atom. The summed E-state index contributed by atoms with van der Waals surface area (Å²) in [7, 11) is 1.95. The predicted molar refractivity (Wildman–Crippen MR) is 83.6 cm³/mol. The normalized spacial score (nSPS) is 14.1. The molecule has 0 fully saturated rings. The average molecular weight is 300 g/mol. The maximum Gasteiger partial charge on any atom is 0.300 e. The summed E-state index contributed by atoms with van der Waals surface area (Å²) in [5.41, 5.74) is 3.43. The molecular formula is C16H16N2O2S. The second-order valence-corrected chi connectivity index (χ2v) is 6.15. The summed E-state index contributed by atoms with van der Waals surface area (Å²) in [5, 5.41) is 4.12. The number of benzene rings is 1. The van der Waals surface area contributed by atoms with Gasteiger partial charge in [0, 0.05) is 6.54 Å². The van der Waals surface area contributed by atoms with Gasteiger partial charge in [-0.2, -0.15) is 11.3 Å². The Balaban J connectivity index is 1.80. The number of nitrogens with zero attached hydrogens (tertiary/aromatic N) is 2. The number of hydrogen-bond acceptors (Lipinski definition) is 4. The molecule has 108 valence electrons. The van der Waals surface area contributed by atoms with Crippen LogP contribution < -0.4 is 4.90 Å². The van der Waals surface area contributed by atoms with Crippen molar-refractivity contribution >= 4 is 28.7 Å². The monoisotopic (exact) mass is 300 g/mol. The van der Waals surface area contributed by atoms with Gasteiger partial charge in [0.2, 0.25) is 0 Å². The first-order valence-corrected chi connectivity index (χ1v) is 7.67. The lowest BCUT2D eigenvalue weighted by atomic mass is 10.1. The first kappa shape index (κ1) is 14.0. The highest BCUT2D eigenvalue weighted by Gasteiger charge is 2.36. The maximum absolute atomic E-state index is 12.2. The van der Waals surface area contributed by atoms with E-state index in [1.165, 1.54) is 5.56 Å². The van der Waals surface area contributed by atoms with Gasteiger partial charge in [-0.3, -0.25) is 19.4 Å². The second-order valence-electron chi connectivity index (χ2n) is 5.37. The van der Waals surface area contributed by atoms with Gasteiger partial charge in [-0.05, 0) is 48.5 Å². The molecule has 3 rings (SSSR count). The van der Waals surface area contributed by atoms with Gasteiger partial charge in [-0.1, -0.05) is 11.6 Å². The van der Waals surface area contributed by atoms with E-state index >= 15 is 0 Å². The summed E-state index contributed by atoms with van der Waals surface area (Å²) in [6.07, 6.45) is 0. The van der Waals surface area contributed by atoms with Gasteiger partial charge in [0.25, 0.3) is 5.78 Å². The third-order valence-electron chi connectivity index (χ3n) is 3.54. The minimum Gasteiger partial charge on any atom is -0.291 e. The van der Waals surface area contributed by atoms with Crippen molar-refractivity contribution in [3.8, 4) is 0 Å². The van der Waals surface area contributed by atoms with Crippen LogP contribution in [0, 0.1) is 6.92 Å². The highest BCUT2D eigenvalue weighted by Crippen LogP contribution is 2.29. The van der Waals surface area contributed by atoms with Crippen molar-refractivity contribution < 1.29 is 9.59 Å². The summed E-state index contributed by atoms with van der Waals surface area (Å²) in [4.78, 5) is 27.8. The first-order chi connectivity index (χ1) is 10.1. The van der Waals surface area contributed by atoms with Gasteiger partial charge in [0.15, 0.2) is 0 Å². The van der Waals surface area contributed by atoms with Gasteiger partial charge < -0.3 is 0 Å². The molecule has 0 saturated carbocycles. The number of carbonyl (C=O) groups excluding carboxylic acids is 2. The lowest BCUT2D eigenvalue weighted by Gasteiger charge is -2.24. The Labute approximate surface area is 127 Å². The van der Waals surface area contributed by atoms with Crippen molar-refractivity contribution in [3.05, 3.63) is 51.7 Å². The highest BCUT2D eigenvalue weighted by atomic mass is 32.1. The van der Waals surface area contributed by atoms with Crippen molar-refractivity contribution in [2.75, 3.05) is 18.6 Å². The number of Topliss-reactive ketones (excluding diaryl/α,β-unsaturated/α-hetero) is 1. The fourth-order valence-corrected chi connectivity index (χ4v) is 3.20. The van der Waals surface area contributed by atoms with E-state index in [1.54, 1.807) is 22.3 Å². The molecule has 4 nitrogen and oxygen atoms in total. The molecule has 1 aliphatic rings. The molecule has 21 heavy (non-hydrogen) atoms. The number of ketones is 1. The minimum absolute atomic E-state index is 0.405. The topological polar surface area (TPSA) is 40.6 Å². The van der Waals surface area contributed by atoms with Gasteiger partial charge in [-0.15, -0.1) is 0 Å². The van der Waals surface area contributed by atoms with Gasteiger partial charge in [0.1, 0.15) is 0 Å². The minimum atomic E-state index is -0.437. The average Bonchev–Trinajstić information content (AvgIpc) is 3.02. The fraction of sp³-hybridized carbons (Fsp3) is 0.250. The molecule has 0 spiro atoms. The van der Waals surface area contributed by atoms with Crippen molar-refractivity contribution in [2.45, 2.75) is 13.5 Å². The van der Waals surface area contributed by atoms with E-state index in [-0.39, 0.29) is 0 Å². The predicted octanol–water partition coefficient (Wildman–Crippen LogP) is 2.68. The van der Waals surface area contributed by atoms with Crippen LogP contribution in [-0.4, -0.2) is 30.3 Å². The Kier molecular flexibility index (Phi) is 3.61. The van der Waals surface area contributed by atoms with Crippen molar-refractivity contribution in [1.82, 2.24) is 4.90 Å². The van der Waals surface area contributed by atoms with E-state index in [0.29, 0.717) is 17.9 Å². The van der Waals surface area contributed by atoms with E-state index < -0.39 is 11.7 Å². The summed E-state index contributed by atoms with van der Waals surface area (Å²) >= 11 is 1.65. The van der Waals surface area contributed by atoms with Crippen molar-refractivity contribution in [1.29, 1.82) is 0 Å². The van der Waals surface area contributed by atoms with E-state index in [9.17, 15) is 9.59 Å². The van der Waals surface area contributed by atoms with E-state index in [1.807, 2.05) is 36.4 Å². The third-order valence-corrected chi connectivity index (χ3v) is 4.27. The van der Waals surface area contributed by atoms with Crippen molar-refractivity contribution in [2.24, 2.45) is 0 Å². The zero-order valence-corrected chi connectivity index (χ0v) is 12.8. The van der Waals surface area contributed by atoms with Crippen LogP contribution in [0.3, 0.4) is 0 Å². The Hall–Kier alpha value is -1.98. The van der Waals surface area contributed by atoms with Crippen LogP contribution in [0.25, 0.3) is 0 Å². The van der Waals surface area contributed by atoms with Crippen LogP contribution in [0.1, 0.15) is 21.5 Å². The Morgan fingerprint density at radius 1 is 1.24 bits per heavy atom.